The van der Waals surface area contributed by atoms with E-state index in [1.165, 1.54) is 0 Å². The van der Waals surface area contributed by atoms with Crippen LogP contribution in [0.15, 0.2) is 54.6 Å². The van der Waals surface area contributed by atoms with Crippen LogP contribution in [-0.2, 0) is 4.79 Å². The summed E-state index contributed by atoms with van der Waals surface area (Å²) in [5.41, 5.74) is 5.31. The molecule has 2 aliphatic heterocycles. The predicted octanol–water partition coefficient (Wildman–Crippen LogP) is 5.45. The van der Waals surface area contributed by atoms with Gasteiger partial charge in [0.05, 0.1) is 34.8 Å². The van der Waals surface area contributed by atoms with Crippen LogP contribution in [-0.4, -0.2) is 25.5 Å². The highest BCUT2D eigenvalue weighted by atomic mass is 35.5. The number of nitrogens with one attached hydrogen (secondary N) is 2. The molecule has 156 valence electrons. The molecule has 6 nitrogen and oxygen atoms in total. The number of halogens is 1. The minimum Gasteiger partial charge on any atom is -0.495 e. The Hall–Kier alpha value is -3.51. The summed E-state index contributed by atoms with van der Waals surface area (Å²) in [7, 11) is 1.58. The van der Waals surface area contributed by atoms with Crippen molar-refractivity contribution < 1.29 is 14.3 Å². The molecule has 0 atom stereocenters. The first kappa shape index (κ1) is 19.5. The molecular formula is C24H20ClN3O3. The Labute approximate surface area is 184 Å². The summed E-state index contributed by atoms with van der Waals surface area (Å²) in [6.07, 6.45) is 1.41. The van der Waals surface area contributed by atoms with E-state index in [0.29, 0.717) is 40.7 Å². The van der Waals surface area contributed by atoms with Crippen LogP contribution in [0.4, 0.5) is 22.7 Å². The van der Waals surface area contributed by atoms with E-state index >= 15 is 0 Å². The average molecular weight is 434 g/mol. The number of hydrogen-bond acceptors (Lipinski definition) is 4. The number of carbonyl (C=O) groups excluding carboxylic acids is 2. The molecule has 0 radical (unpaired) electrons. The molecule has 2 amide bonds. The highest BCUT2D eigenvalue weighted by Crippen LogP contribution is 2.38. The molecule has 0 spiro atoms. The van der Waals surface area contributed by atoms with Crippen LogP contribution in [0, 0.1) is 0 Å². The van der Waals surface area contributed by atoms with Crippen molar-refractivity contribution >= 4 is 46.2 Å². The number of fused-ring (bicyclic) bond motifs is 2. The fourth-order valence-corrected chi connectivity index (χ4v) is 4.23. The topological polar surface area (TPSA) is 70.7 Å². The number of carbonyl (C=O) groups is 2. The number of anilines is 4. The van der Waals surface area contributed by atoms with Gasteiger partial charge >= 0.3 is 0 Å². The molecule has 1 saturated heterocycles. The van der Waals surface area contributed by atoms with Gasteiger partial charge in [-0.05, 0) is 60.0 Å². The van der Waals surface area contributed by atoms with E-state index in [9.17, 15) is 9.59 Å². The molecule has 3 aromatic carbocycles. The van der Waals surface area contributed by atoms with E-state index in [-0.39, 0.29) is 11.8 Å². The maximum Gasteiger partial charge on any atom is 0.257 e. The summed E-state index contributed by atoms with van der Waals surface area (Å²) in [4.78, 5) is 26.7. The molecule has 2 heterocycles. The van der Waals surface area contributed by atoms with Crippen molar-refractivity contribution in [3.05, 3.63) is 65.2 Å². The highest BCUT2D eigenvalue weighted by molar-refractivity contribution is 6.32. The van der Waals surface area contributed by atoms with Crippen LogP contribution < -0.4 is 20.3 Å². The zero-order chi connectivity index (χ0) is 21.5. The fourth-order valence-electron chi connectivity index (χ4n) is 4.03. The number of ether oxygens (including phenoxy) is 1. The summed E-state index contributed by atoms with van der Waals surface area (Å²) in [6.45, 7) is 0.702. The van der Waals surface area contributed by atoms with Gasteiger partial charge in [0.1, 0.15) is 5.75 Å². The number of benzene rings is 3. The first-order valence-electron chi connectivity index (χ1n) is 10.0. The first-order chi connectivity index (χ1) is 15.0. The van der Waals surface area contributed by atoms with Gasteiger partial charge in [0.25, 0.3) is 5.91 Å². The smallest absolute Gasteiger partial charge is 0.257 e. The molecular weight excluding hydrogens is 414 g/mol. The van der Waals surface area contributed by atoms with Crippen molar-refractivity contribution in [3.63, 3.8) is 0 Å². The van der Waals surface area contributed by atoms with Gasteiger partial charge in [-0.1, -0.05) is 23.7 Å². The van der Waals surface area contributed by atoms with E-state index in [2.05, 4.69) is 10.6 Å². The summed E-state index contributed by atoms with van der Waals surface area (Å²) >= 11 is 6.15. The third-order valence-corrected chi connectivity index (χ3v) is 5.97. The van der Waals surface area contributed by atoms with Crippen LogP contribution >= 0.6 is 11.6 Å². The summed E-state index contributed by atoms with van der Waals surface area (Å²) in [5, 5.41) is 6.88. The number of amides is 2. The van der Waals surface area contributed by atoms with Gasteiger partial charge in [-0.15, -0.1) is 0 Å². The third kappa shape index (κ3) is 3.49. The molecule has 0 aromatic heterocycles. The molecule has 2 aliphatic rings. The normalized spacial score (nSPS) is 15.0. The fraction of sp³-hybridized carbons (Fsp3) is 0.167. The van der Waals surface area contributed by atoms with E-state index in [0.717, 1.165) is 28.9 Å². The van der Waals surface area contributed by atoms with Crippen molar-refractivity contribution in [1.82, 2.24) is 0 Å². The predicted molar refractivity (Wildman–Crippen MR) is 123 cm³/mol. The SMILES string of the molecule is COc1cc(-c2ccc3c(c2)Nc2ccc(N4CCCC4=O)cc2NC3=O)ccc1Cl. The Balaban J connectivity index is 1.52. The van der Waals surface area contributed by atoms with E-state index in [1.54, 1.807) is 24.1 Å². The Morgan fingerprint density at radius 2 is 1.71 bits per heavy atom. The van der Waals surface area contributed by atoms with Crippen LogP contribution in [0.2, 0.25) is 5.02 Å². The lowest BCUT2D eigenvalue weighted by Crippen LogP contribution is -2.23. The van der Waals surface area contributed by atoms with Crippen LogP contribution in [0.3, 0.4) is 0 Å². The van der Waals surface area contributed by atoms with Gasteiger partial charge < -0.3 is 20.3 Å². The second-order valence-electron chi connectivity index (χ2n) is 7.57. The van der Waals surface area contributed by atoms with Crippen molar-refractivity contribution in [1.29, 1.82) is 0 Å². The molecule has 0 bridgehead atoms. The zero-order valence-corrected chi connectivity index (χ0v) is 17.6. The lowest BCUT2D eigenvalue weighted by atomic mass is 10.0. The van der Waals surface area contributed by atoms with Crippen LogP contribution in [0.1, 0.15) is 23.2 Å². The minimum atomic E-state index is -0.202. The minimum absolute atomic E-state index is 0.110. The molecule has 0 aliphatic carbocycles. The Bertz CT molecular complexity index is 1220. The number of methoxy groups -OCH3 is 1. The Kier molecular flexibility index (Phi) is 4.79. The molecule has 0 unspecified atom stereocenters. The molecule has 7 heteroatoms. The number of nitrogens with zero attached hydrogens (tertiary/aromatic N) is 1. The zero-order valence-electron chi connectivity index (χ0n) is 16.9. The number of hydrogen-bond donors (Lipinski definition) is 2. The van der Waals surface area contributed by atoms with Crippen LogP contribution in [0.5, 0.6) is 5.75 Å². The quantitative estimate of drug-likeness (QED) is 0.576. The largest absolute Gasteiger partial charge is 0.495 e. The van der Waals surface area contributed by atoms with Gasteiger partial charge in [0.2, 0.25) is 5.91 Å². The summed E-state index contributed by atoms with van der Waals surface area (Å²) in [6, 6.07) is 16.8. The Morgan fingerprint density at radius 3 is 2.48 bits per heavy atom. The van der Waals surface area contributed by atoms with Gasteiger partial charge in [-0.25, -0.2) is 0 Å². The molecule has 5 rings (SSSR count). The number of rotatable bonds is 3. The van der Waals surface area contributed by atoms with Crippen molar-refractivity contribution in [3.8, 4) is 16.9 Å². The van der Waals surface area contributed by atoms with E-state index < -0.39 is 0 Å². The third-order valence-electron chi connectivity index (χ3n) is 5.65. The standard InChI is InChI=1S/C24H20ClN3O3/c1-31-22-12-15(5-8-18(22)25)14-4-7-17-20(11-14)26-19-9-6-16(13-21(19)27-24(17)30)28-10-2-3-23(28)29/h4-9,11-13,26H,2-3,10H2,1H3,(H,27,30). The summed E-state index contributed by atoms with van der Waals surface area (Å²) < 4.78 is 5.32. The average Bonchev–Trinajstić information content (AvgIpc) is 3.15. The lowest BCUT2D eigenvalue weighted by molar-refractivity contribution is -0.117. The van der Waals surface area contributed by atoms with Gasteiger partial charge in [-0.3, -0.25) is 9.59 Å². The van der Waals surface area contributed by atoms with E-state index in [1.807, 2.05) is 42.5 Å². The van der Waals surface area contributed by atoms with E-state index in [4.69, 9.17) is 16.3 Å². The molecule has 31 heavy (non-hydrogen) atoms. The van der Waals surface area contributed by atoms with Crippen molar-refractivity contribution in [2.24, 2.45) is 0 Å². The van der Waals surface area contributed by atoms with Gasteiger partial charge in [0, 0.05) is 18.7 Å². The van der Waals surface area contributed by atoms with Crippen molar-refractivity contribution in [2.75, 3.05) is 29.2 Å². The van der Waals surface area contributed by atoms with Crippen molar-refractivity contribution in [2.45, 2.75) is 12.8 Å². The molecule has 1 fully saturated rings. The van der Waals surface area contributed by atoms with Gasteiger partial charge in [-0.2, -0.15) is 0 Å². The second-order valence-corrected chi connectivity index (χ2v) is 7.97. The molecule has 0 saturated carbocycles. The maximum atomic E-state index is 12.9. The highest BCUT2D eigenvalue weighted by Gasteiger charge is 2.24. The second kappa shape index (κ2) is 7.63. The monoisotopic (exact) mass is 433 g/mol. The van der Waals surface area contributed by atoms with Crippen LogP contribution in [0.25, 0.3) is 11.1 Å². The lowest BCUT2D eigenvalue weighted by Gasteiger charge is -2.18. The first-order valence-corrected chi connectivity index (χ1v) is 10.4. The Morgan fingerprint density at radius 1 is 0.903 bits per heavy atom. The van der Waals surface area contributed by atoms with Gasteiger partial charge in [0.15, 0.2) is 0 Å². The maximum absolute atomic E-state index is 12.9. The molecule has 3 aromatic rings. The molecule has 2 N–H and O–H groups in total. The summed E-state index contributed by atoms with van der Waals surface area (Å²) in [5.74, 6) is 0.500.